The summed E-state index contributed by atoms with van der Waals surface area (Å²) < 4.78 is 17.4. The third kappa shape index (κ3) is 3.06. The van der Waals surface area contributed by atoms with E-state index in [1.165, 1.54) is 0 Å². The summed E-state index contributed by atoms with van der Waals surface area (Å²) in [6.45, 7) is 0. The first-order valence-electron chi connectivity index (χ1n) is 6.52. The first-order valence-corrected chi connectivity index (χ1v) is 7.60. The van der Waals surface area contributed by atoms with Gasteiger partial charge in [-0.3, -0.25) is 0 Å². The number of benzene rings is 2. The van der Waals surface area contributed by atoms with Gasteiger partial charge in [0.2, 0.25) is 11.8 Å². The number of hydrogen-bond donors (Lipinski definition) is 0. The molecule has 2 aromatic carbocycles. The molecule has 0 atom stereocenters. The molecule has 0 bridgehead atoms. The van der Waals surface area contributed by atoms with Gasteiger partial charge in [-0.05, 0) is 52.9 Å². The molecule has 5 nitrogen and oxygen atoms in total. The predicted molar refractivity (Wildman–Crippen MR) is 91.0 cm³/mol. The van der Waals surface area contributed by atoms with E-state index in [9.17, 15) is 0 Å². The summed E-state index contributed by atoms with van der Waals surface area (Å²) in [5.41, 5.74) is 1.64. The van der Waals surface area contributed by atoms with Gasteiger partial charge >= 0.3 is 0 Å². The molecule has 0 amide bonds. The molecule has 0 fully saturated rings. The van der Waals surface area contributed by atoms with Crippen molar-refractivity contribution in [1.29, 1.82) is 0 Å². The van der Waals surface area contributed by atoms with Gasteiger partial charge in [-0.25, -0.2) is 0 Å². The standard InChI is InChI=1S/C16H13IN2O3/c1-20-13-7-11(8-14(9-13)21-2)16-19-18-15(22-16)10-4-3-5-12(17)6-10/h3-9H,1-2H3. The number of rotatable bonds is 4. The van der Waals surface area contributed by atoms with Crippen molar-refractivity contribution < 1.29 is 13.9 Å². The molecule has 112 valence electrons. The molecule has 0 spiro atoms. The molecule has 0 saturated heterocycles. The minimum atomic E-state index is 0.422. The Morgan fingerprint density at radius 3 is 2.09 bits per heavy atom. The van der Waals surface area contributed by atoms with Gasteiger partial charge in [-0.15, -0.1) is 10.2 Å². The molecule has 3 rings (SSSR count). The van der Waals surface area contributed by atoms with Crippen LogP contribution in [0.1, 0.15) is 0 Å². The van der Waals surface area contributed by atoms with E-state index in [1.54, 1.807) is 20.3 Å². The van der Waals surface area contributed by atoms with Crippen molar-refractivity contribution in [3.05, 3.63) is 46.0 Å². The maximum absolute atomic E-state index is 5.77. The van der Waals surface area contributed by atoms with E-state index in [0.717, 1.165) is 14.7 Å². The lowest BCUT2D eigenvalue weighted by molar-refractivity contribution is 0.394. The summed E-state index contributed by atoms with van der Waals surface area (Å²) in [4.78, 5) is 0. The van der Waals surface area contributed by atoms with Gasteiger partial charge in [0.1, 0.15) is 11.5 Å². The largest absolute Gasteiger partial charge is 0.497 e. The topological polar surface area (TPSA) is 57.4 Å². The minimum Gasteiger partial charge on any atom is -0.497 e. The van der Waals surface area contributed by atoms with Crippen LogP contribution in [-0.4, -0.2) is 24.4 Å². The van der Waals surface area contributed by atoms with Crippen molar-refractivity contribution in [2.45, 2.75) is 0 Å². The first kappa shape index (κ1) is 14.8. The quantitative estimate of drug-likeness (QED) is 0.611. The molecular weight excluding hydrogens is 395 g/mol. The van der Waals surface area contributed by atoms with Gasteiger partial charge in [0.05, 0.1) is 14.2 Å². The van der Waals surface area contributed by atoms with Crippen molar-refractivity contribution in [3.8, 4) is 34.4 Å². The molecule has 0 unspecified atom stereocenters. The average molecular weight is 408 g/mol. The normalized spacial score (nSPS) is 10.5. The summed E-state index contributed by atoms with van der Waals surface area (Å²) in [6, 6.07) is 13.3. The van der Waals surface area contributed by atoms with Crippen LogP contribution in [-0.2, 0) is 0 Å². The lowest BCUT2D eigenvalue weighted by Crippen LogP contribution is -1.88. The van der Waals surface area contributed by atoms with Crippen molar-refractivity contribution in [2.24, 2.45) is 0 Å². The van der Waals surface area contributed by atoms with Crippen LogP contribution in [0, 0.1) is 3.57 Å². The van der Waals surface area contributed by atoms with Crippen molar-refractivity contribution in [1.82, 2.24) is 10.2 Å². The lowest BCUT2D eigenvalue weighted by Gasteiger charge is -2.05. The highest BCUT2D eigenvalue weighted by molar-refractivity contribution is 14.1. The highest BCUT2D eigenvalue weighted by Crippen LogP contribution is 2.30. The predicted octanol–water partition coefficient (Wildman–Crippen LogP) is 4.03. The van der Waals surface area contributed by atoms with Gasteiger partial charge in [-0.2, -0.15) is 0 Å². The fraction of sp³-hybridized carbons (Fsp3) is 0.125. The highest BCUT2D eigenvalue weighted by Gasteiger charge is 2.13. The Labute approximate surface area is 141 Å². The number of hydrogen-bond acceptors (Lipinski definition) is 5. The number of nitrogens with zero attached hydrogens (tertiary/aromatic N) is 2. The Hall–Kier alpha value is -2.09. The second-order valence-electron chi connectivity index (χ2n) is 4.52. The maximum Gasteiger partial charge on any atom is 0.248 e. The van der Waals surface area contributed by atoms with Gasteiger partial charge in [0.25, 0.3) is 0 Å². The fourth-order valence-corrected chi connectivity index (χ4v) is 2.55. The fourth-order valence-electron chi connectivity index (χ4n) is 2.01. The number of ether oxygens (including phenoxy) is 2. The van der Waals surface area contributed by atoms with Crippen molar-refractivity contribution in [3.63, 3.8) is 0 Å². The van der Waals surface area contributed by atoms with Crippen molar-refractivity contribution in [2.75, 3.05) is 14.2 Å². The van der Waals surface area contributed by atoms with Gasteiger partial charge in [0, 0.05) is 20.8 Å². The molecule has 3 aromatic rings. The molecule has 0 N–H and O–H groups in total. The molecule has 1 aromatic heterocycles. The average Bonchev–Trinajstić information content (AvgIpc) is 3.04. The molecule has 1 heterocycles. The molecule has 0 aliphatic rings. The second kappa shape index (κ2) is 6.35. The lowest BCUT2D eigenvalue weighted by atomic mass is 10.2. The molecule has 6 heteroatoms. The zero-order chi connectivity index (χ0) is 15.5. The van der Waals surface area contributed by atoms with Crippen LogP contribution in [0.15, 0.2) is 46.9 Å². The zero-order valence-corrected chi connectivity index (χ0v) is 14.2. The van der Waals surface area contributed by atoms with Crippen LogP contribution in [0.2, 0.25) is 0 Å². The van der Waals surface area contributed by atoms with E-state index in [1.807, 2.05) is 36.4 Å². The van der Waals surface area contributed by atoms with Gasteiger partial charge in [-0.1, -0.05) is 6.07 Å². The molecule has 0 aliphatic carbocycles. The number of methoxy groups -OCH3 is 2. The molecule has 0 saturated carbocycles. The monoisotopic (exact) mass is 408 g/mol. The van der Waals surface area contributed by atoms with E-state index in [4.69, 9.17) is 13.9 Å². The van der Waals surface area contributed by atoms with Crippen LogP contribution in [0.25, 0.3) is 22.9 Å². The molecule has 0 aliphatic heterocycles. The number of aromatic nitrogens is 2. The van der Waals surface area contributed by atoms with Crippen LogP contribution in [0.3, 0.4) is 0 Å². The van der Waals surface area contributed by atoms with Crippen LogP contribution in [0.4, 0.5) is 0 Å². The first-order chi connectivity index (χ1) is 10.7. The Kier molecular flexibility index (Phi) is 4.28. The summed E-state index contributed by atoms with van der Waals surface area (Å²) >= 11 is 2.25. The van der Waals surface area contributed by atoms with Crippen LogP contribution in [0.5, 0.6) is 11.5 Å². The third-order valence-electron chi connectivity index (χ3n) is 3.09. The molecule has 22 heavy (non-hydrogen) atoms. The Balaban J connectivity index is 2.00. The zero-order valence-electron chi connectivity index (χ0n) is 12.0. The summed E-state index contributed by atoms with van der Waals surface area (Å²) in [5, 5.41) is 8.23. The van der Waals surface area contributed by atoms with Gasteiger partial charge in [0.15, 0.2) is 0 Å². The Morgan fingerprint density at radius 1 is 0.864 bits per heavy atom. The maximum atomic E-state index is 5.77. The van der Waals surface area contributed by atoms with Crippen LogP contribution < -0.4 is 9.47 Å². The Morgan fingerprint density at radius 2 is 1.50 bits per heavy atom. The third-order valence-corrected chi connectivity index (χ3v) is 3.77. The summed E-state index contributed by atoms with van der Waals surface area (Å²) in [6.07, 6.45) is 0. The van der Waals surface area contributed by atoms with E-state index < -0.39 is 0 Å². The van der Waals surface area contributed by atoms with E-state index in [2.05, 4.69) is 32.8 Å². The van der Waals surface area contributed by atoms with Gasteiger partial charge < -0.3 is 13.9 Å². The molecular formula is C16H13IN2O3. The smallest absolute Gasteiger partial charge is 0.248 e. The second-order valence-corrected chi connectivity index (χ2v) is 5.77. The van der Waals surface area contributed by atoms with E-state index >= 15 is 0 Å². The van der Waals surface area contributed by atoms with Crippen molar-refractivity contribution >= 4 is 22.6 Å². The summed E-state index contributed by atoms with van der Waals surface area (Å²) in [5.74, 6) is 2.24. The Bertz CT molecular complexity index is 779. The number of halogens is 1. The van der Waals surface area contributed by atoms with Crippen LogP contribution >= 0.6 is 22.6 Å². The highest BCUT2D eigenvalue weighted by atomic mass is 127. The summed E-state index contributed by atoms with van der Waals surface area (Å²) in [7, 11) is 3.20. The SMILES string of the molecule is COc1cc(OC)cc(-c2nnc(-c3cccc(I)c3)o2)c1. The van der Waals surface area contributed by atoms with E-state index in [-0.39, 0.29) is 0 Å². The molecule has 0 radical (unpaired) electrons. The van der Waals surface area contributed by atoms with E-state index in [0.29, 0.717) is 23.3 Å². The minimum absolute atomic E-state index is 0.422.